The Kier molecular flexibility index (Phi) is 3.81. The topological polar surface area (TPSA) is 52.3 Å². The highest BCUT2D eigenvalue weighted by atomic mass is 19.4. The minimum atomic E-state index is -4.83. The molecule has 0 amide bonds. The maximum atomic E-state index is 12.9. The van der Waals surface area contributed by atoms with Gasteiger partial charge in [-0.2, -0.15) is 22.8 Å². The lowest BCUT2D eigenvalue weighted by atomic mass is 10.1. The van der Waals surface area contributed by atoms with Crippen LogP contribution in [-0.4, -0.2) is 26.2 Å². The molecule has 11 heteroatoms. The number of aryl methyl sites for hydroxylation is 1. The van der Waals surface area contributed by atoms with E-state index < -0.39 is 24.1 Å². The number of nitrogens with zero attached hydrogens (tertiary/aromatic N) is 4. The summed E-state index contributed by atoms with van der Waals surface area (Å²) in [7, 11) is 0. The summed E-state index contributed by atoms with van der Waals surface area (Å²) in [6.07, 6.45) is -9.58. The maximum absolute atomic E-state index is 12.9. The highest BCUT2D eigenvalue weighted by molar-refractivity contribution is 5.63. The molecule has 5 nitrogen and oxygen atoms in total. The third-order valence-electron chi connectivity index (χ3n) is 3.19. The van der Waals surface area contributed by atoms with Crippen LogP contribution in [-0.2, 0) is 6.18 Å². The Morgan fingerprint density at radius 2 is 1.60 bits per heavy atom. The normalized spacial score (nSPS) is 12.6. The predicted octanol–water partition coefficient (Wildman–Crippen LogP) is 4.02. The van der Waals surface area contributed by atoms with Crippen molar-refractivity contribution in [3.8, 4) is 17.0 Å². The molecule has 132 valence electrons. The number of hydrogen-bond acceptors (Lipinski definition) is 4. The second-order valence-electron chi connectivity index (χ2n) is 5.04. The minimum Gasteiger partial charge on any atom is -0.406 e. The van der Waals surface area contributed by atoms with Gasteiger partial charge in [0, 0.05) is 5.56 Å². The number of benzene rings is 1. The van der Waals surface area contributed by atoms with Crippen LogP contribution >= 0.6 is 0 Å². The molecule has 3 aromatic rings. The van der Waals surface area contributed by atoms with E-state index in [1.54, 1.807) is 0 Å². The number of aromatic nitrogens is 4. The zero-order chi connectivity index (χ0) is 18.4. The van der Waals surface area contributed by atoms with Crippen molar-refractivity contribution in [3.05, 3.63) is 41.7 Å². The highest BCUT2D eigenvalue weighted by Crippen LogP contribution is 2.30. The average molecular weight is 362 g/mol. The smallest absolute Gasteiger partial charge is 0.406 e. The Labute approximate surface area is 135 Å². The van der Waals surface area contributed by atoms with E-state index in [4.69, 9.17) is 0 Å². The zero-order valence-electron chi connectivity index (χ0n) is 12.4. The van der Waals surface area contributed by atoms with Gasteiger partial charge in [-0.05, 0) is 42.8 Å². The fraction of sp³-hybridized carbons (Fsp3) is 0.214. The molecule has 0 N–H and O–H groups in total. The van der Waals surface area contributed by atoms with E-state index in [1.165, 1.54) is 25.1 Å². The van der Waals surface area contributed by atoms with Crippen LogP contribution in [0.3, 0.4) is 0 Å². The molecular formula is C14H8F6N4O. The largest absolute Gasteiger partial charge is 0.573 e. The molecule has 0 spiro atoms. The number of hydrogen-bond donors (Lipinski definition) is 0. The van der Waals surface area contributed by atoms with Gasteiger partial charge in [0.15, 0.2) is 5.65 Å². The van der Waals surface area contributed by atoms with E-state index in [1.807, 2.05) is 0 Å². The van der Waals surface area contributed by atoms with Crippen molar-refractivity contribution in [2.24, 2.45) is 0 Å². The summed E-state index contributed by atoms with van der Waals surface area (Å²) in [6.45, 7) is 1.52. The summed E-state index contributed by atoms with van der Waals surface area (Å²) in [5, 5.41) is 10.4. The van der Waals surface area contributed by atoms with Crippen LogP contribution in [0.2, 0.25) is 0 Å². The summed E-state index contributed by atoms with van der Waals surface area (Å²) in [4.78, 5) is 0. The fourth-order valence-corrected chi connectivity index (χ4v) is 2.17. The molecule has 1 aromatic carbocycles. The first-order chi connectivity index (χ1) is 11.5. The van der Waals surface area contributed by atoms with E-state index >= 15 is 0 Å². The van der Waals surface area contributed by atoms with Crippen molar-refractivity contribution in [3.63, 3.8) is 0 Å². The molecule has 0 saturated carbocycles. The first-order valence-corrected chi connectivity index (χ1v) is 6.71. The third-order valence-corrected chi connectivity index (χ3v) is 3.19. The second-order valence-corrected chi connectivity index (χ2v) is 5.04. The van der Waals surface area contributed by atoms with Crippen LogP contribution in [0.1, 0.15) is 11.4 Å². The monoisotopic (exact) mass is 362 g/mol. The van der Waals surface area contributed by atoms with Crippen molar-refractivity contribution in [1.29, 1.82) is 0 Å². The van der Waals surface area contributed by atoms with Crippen LogP contribution < -0.4 is 4.74 Å². The molecule has 0 saturated heterocycles. The molecule has 0 unspecified atom stereocenters. The molecule has 3 rings (SSSR count). The summed E-state index contributed by atoms with van der Waals surface area (Å²) in [6, 6.07) is 6.06. The molecule has 2 aromatic heterocycles. The molecule has 0 aliphatic rings. The van der Waals surface area contributed by atoms with Gasteiger partial charge in [-0.25, -0.2) is 0 Å². The van der Waals surface area contributed by atoms with E-state index in [0.717, 1.165) is 12.1 Å². The van der Waals surface area contributed by atoms with Crippen molar-refractivity contribution >= 4 is 5.65 Å². The van der Waals surface area contributed by atoms with Gasteiger partial charge in [0.1, 0.15) is 5.75 Å². The minimum absolute atomic E-state index is 0.0619. The lowest BCUT2D eigenvalue weighted by molar-refractivity contribution is -0.274. The van der Waals surface area contributed by atoms with Gasteiger partial charge in [-0.3, -0.25) is 0 Å². The predicted molar refractivity (Wildman–Crippen MR) is 72.6 cm³/mol. The van der Waals surface area contributed by atoms with Crippen molar-refractivity contribution in [2.45, 2.75) is 19.5 Å². The van der Waals surface area contributed by atoms with Crippen molar-refractivity contribution in [2.75, 3.05) is 0 Å². The van der Waals surface area contributed by atoms with Crippen LogP contribution in [0.15, 0.2) is 30.3 Å². The van der Waals surface area contributed by atoms with Crippen LogP contribution in [0.5, 0.6) is 5.75 Å². The van der Waals surface area contributed by atoms with Crippen LogP contribution in [0, 0.1) is 6.92 Å². The van der Waals surface area contributed by atoms with Gasteiger partial charge in [-0.1, -0.05) is 0 Å². The Balaban J connectivity index is 2.04. The molecule has 0 aliphatic carbocycles. The zero-order valence-corrected chi connectivity index (χ0v) is 12.4. The molecule has 0 radical (unpaired) electrons. The second kappa shape index (κ2) is 5.60. The van der Waals surface area contributed by atoms with E-state index in [-0.39, 0.29) is 11.3 Å². The molecule has 2 heterocycles. The molecular weight excluding hydrogens is 354 g/mol. The number of halogens is 6. The van der Waals surface area contributed by atoms with Gasteiger partial charge >= 0.3 is 12.5 Å². The average Bonchev–Trinajstić information content (AvgIpc) is 2.91. The van der Waals surface area contributed by atoms with E-state index in [9.17, 15) is 26.3 Å². The highest BCUT2D eigenvalue weighted by Gasteiger charge is 2.38. The first-order valence-electron chi connectivity index (χ1n) is 6.71. The Morgan fingerprint density at radius 3 is 2.16 bits per heavy atom. The standard InChI is InChI=1S/C14H8F6N4O/c1-7-6-10(8-2-4-9(5-3-8)25-14(18,19)20)23-24-11(7)21-22-12(24)13(15,16)17/h2-6H,1H3. The molecule has 0 aliphatic heterocycles. The quantitative estimate of drug-likeness (QED) is 0.647. The van der Waals surface area contributed by atoms with Crippen LogP contribution in [0.4, 0.5) is 26.3 Å². The Hall–Kier alpha value is -2.85. The number of rotatable bonds is 2. The lowest BCUT2D eigenvalue weighted by Gasteiger charge is -2.10. The number of ether oxygens (including phenoxy) is 1. The summed E-state index contributed by atoms with van der Waals surface area (Å²) >= 11 is 0. The van der Waals surface area contributed by atoms with Crippen molar-refractivity contribution < 1.29 is 31.1 Å². The van der Waals surface area contributed by atoms with E-state index in [2.05, 4.69) is 20.0 Å². The SMILES string of the molecule is Cc1cc(-c2ccc(OC(F)(F)F)cc2)nn2c(C(F)(F)F)nnc12. The van der Waals surface area contributed by atoms with Crippen LogP contribution in [0.25, 0.3) is 16.9 Å². The Bertz CT molecular complexity index is 914. The number of alkyl halides is 6. The van der Waals surface area contributed by atoms with Gasteiger partial charge in [0.05, 0.1) is 5.69 Å². The van der Waals surface area contributed by atoms with E-state index in [0.29, 0.717) is 15.6 Å². The van der Waals surface area contributed by atoms with Gasteiger partial charge in [-0.15, -0.1) is 23.4 Å². The summed E-state index contributed by atoms with van der Waals surface area (Å²) in [5.74, 6) is -1.74. The molecule has 25 heavy (non-hydrogen) atoms. The lowest BCUT2D eigenvalue weighted by Crippen LogP contribution is -2.17. The molecule has 0 fully saturated rings. The van der Waals surface area contributed by atoms with Gasteiger partial charge in [0.25, 0.3) is 5.82 Å². The maximum Gasteiger partial charge on any atom is 0.573 e. The summed E-state index contributed by atoms with van der Waals surface area (Å²) < 4.78 is 79.6. The first kappa shape index (κ1) is 17.0. The third kappa shape index (κ3) is 3.49. The van der Waals surface area contributed by atoms with Gasteiger partial charge < -0.3 is 4.74 Å². The molecule has 0 atom stereocenters. The summed E-state index contributed by atoms with van der Waals surface area (Å²) in [5.41, 5.74) is 0.743. The number of fused-ring (bicyclic) bond motifs is 1. The Morgan fingerprint density at radius 1 is 0.960 bits per heavy atom. The fourth-order valence-electron chi connectivity index (χ4n) is 2.17. The van der Waals surface area contributed by atoms with Crippen molar-refractivity contribution in [1.82, 2.24) is 19.8 Å². The van der Waals surface area contributed by atoms with Gasteiger partial charge in [0.2, 0.25) is 0 Å². The molecule has 0 bridgehead atoms.